The van der Waals surface area contributed by atoms with Crippen LogP contribution in [0.15, 0.2) is 34.4 Å². The van der Waals surface area contributed by atoms with Crippen molar-refractivity contribution in [2.45, 2.75) is 36.9 Å². The largest absolute Gasteiger partial charge is 0.333 e. The van der Waals surface area contributed by atoms with Gasteiger partial charge in [-0.1, -0.05) is 24.6 Å². The quantitative estimate of drug-likeness (QED) is 0.723. The first kappa shape index (κ1) is 14.4. The van der Waals surface area contributed by atoms with Crippen LogP contribution in [-0.4, -0.2) is 19.9 Å². The fraction of sp³-hybridized carbons (Fsp3) is 0.267. The summed E-state index contributed by atoms with van der Waals surface area (Å²) >= 11 is 7.53. The Bertz CT molecular complexity index is 784. The summed E-state index contributed by atoms with van der Waals surface area (Å²) in [5.41, 5.74) is 3.20. The number of halogens is 1. The summed E-state index contributed by atoms with van der Waals surface area (Å²) in [5, 5.41) is 2.10. The van der Waals surface area contributed by atoms with Crippen LogP contribution in [0.2, 0.25) is 5.15 Å². The molecule has 0 atom stereocenters. The van der Waals surface area contributed by atoms with E-state index in [1.807, 2.05) is 6.07 Å². The van der Waals surface area contributed by atoms with Crippen LogP contribution >= 0.6 is 23.4 Å². The number of aromatic nitrogens is 4. The van der Waals surface area contributed by atoms with E-state index in [2.05, 4.69) is 45.9 Å². The van der Waals surface area contributed by atoms with Crippen LogP contribution in [0, 0.1) is 6.92 Å². The molecule has 1 aromatic carbocycles. The molecule has 0 spiro atoms. The molecule has 6 heteroatoms. The van der Waals surface area contributed by atoms with Crippen molar-refractivity contribution < 1.29 is 0 Å². The molecule has 2 heterocycles. The van der Waals surface area contributed by atoms with Crippen LogP contribution in [0.3, 0.4) is 0 Å². The molecule has 0 bridgehead atoms. The lowest BCUT2D eigenvalue weighted by atomic mass is 10.2. The number of aryl methyl sites for hydroxylation is 2. The summed E-state index contributed by atoms with van der Waals surface area (Å²) in [4.78, 5) is 16.6. The van der Waals surface area contributed by atoms with Gasteiger partial charge >= 0.3 is 0 Å². The average Bonchev–Trinajstić information content (AvgIpc) is 2.79. The van der Waals surface area contributed by atoms with Crippen molar-refractivity contribution in [1.82, 2.24) is 19.9 Å². The highest BCUT2D eigenvalue weighted by molar-refractivity contribution is 7.99. The molecule has 4 nitrogen and oxygen atoms in total. The van der Waals surface area contributed by atoms with Gasteiger partial charge in [0, 0.05) is 12.5 Å². The Morgan fingerprint density at radius 3 is 2.86 bits per heavy atom. The number of benzene rings is 1. The summed E-state index contributed by atoms with van der Waals surface area (Å²) in [6.45, 7) is 4.16. The van der Waals surface area contributed by atoms with Gasteiger partial charge in [-0.3, -0.25) is 0 Å². The molecule has 0 radical (unpaired) electrons. The molecule has 21 heavy (non-hydrogen) atoms. The highest BCUT2D eigenvalue weighted by Gasteiger charge is 2.08. The van der Waals surface area contributed by atoms with Crippen LogP contribution in [0.1, 0.15) is 24.7 Å². The Labute approximate surface area is 132 Å². The molecule has 2 aromatic heterocycles. The molecule has 0 fully saturated rings. The third-order valence-electron chi connectivity index (χ3n) is 3.01. The maximum absolute atomic E-state index is 6.06. The Hall–Kier alpha value is -1.59. The zero-order chi connectivity index (χ0) is 14.8. The number of nitrogens with zero attached hydrogens (tertiary/aromatic N) is 3. The van der Waals surface area contributed by atoms with E-state index < -0.39 is 0 Å². The minimum absolute atomic E-state index is 0.475. The van der Waals surface area contributed by atoms with Crippen molar-refractivity contribution >= 4 is 34.4 Å². The number of H-pyrrole nitrogens is 1. The molecule has 3 aromatic rings. The summed E-state index contributed by atoms with van der Waals surface area (Å²) in [5.74, 6) is 0.777. The van der Waals surface area contributed by atoms with E-state index in [4.69, 9.17) is 11.6 Å². The second kappa shape index (κ2) is 6.03. The molecule has 0 aliphatic heterocycles. The molecule has 0 aliphatic rings. The second-order valence-corrected chi connectivity index (χ2v) is 6.26. The van der Waals surface area contributed by atoms with Gasteiger partial charge in [-0.2, -0.15) is 0 Å². The minimum Gasteiger partial charge on any atom is -0.333 e. The smallest absolute Gasteiger partial charge is 0.172 e. The van der Waals surface area contributed by atoms with Crippen LogP contribution in [0.4, 0.5) is 0 Å². The normalized spacial score (nSPS) is 11.2. The van der Waals surface area contributed by atoms with Crippen molar-refractivity contribution in [3.63, 3.8) is 0 Å². The maximum Gasteiger partial charge on any atom is 0.172 e. The van der Waals surface area contributed by atoms with E-state index in [0.717, 1.165) is 39.9 Å². The molecular weight excluding hydrogens is 304 g/mol. The topological polar surface area (TPSA) is 54.5 Å². The summed E-state index contributed by atoms with van der Waals surface area (Å²) < 4.78 is 0. The van der Waals surface area contributed by atoms with Gasteiger partial charge in [0.25, 0.3) is 0 Å². The van der Waals surface area contributed by atoms with Crippen molar-refractivity contribution in [3.05, 3.63) is 40.8 Å². The maximum atomic E-state index is 6.06. The molecule has 3 rings (SSSR count). The van der Waals surface area contributed by atoms with Crippen LogP contribution in [-0.2, 0) is 6.42 Å². The number of rotatable bonds is 4. The molecule has 0 aliphatic carbocycles. The lowest BCUT2D eigenvalue weighted by molar-refractivity contribution is 0.809. The Kier molecular flexibility index (Phi) is 4.12. The zero-order valence-corrected chi connectivity index (χ0v) is 13.4. The SMILES string of the molecule is CCCc1nc(Cl)cc(Sc2nc3ccc(C)cc3[nH]2)n1. The Balaban J connectivity index is 1.90. The number of fused-ring (bicyclic) bond motifs is 1. The number of hydrogen-bond acceptors (Lipinski definition) is 4. The van der Waals surface area contributed by atoms with E-state index in [0.29, 0.717) is 5.15 Å². The molecule has 108 valence electrons. The minimum atomic E-state index is 0.475. The molecule has 0 saturated carbocycles. The molecule has 0 saturated heterocycles. The van der Waals surface area contributed by atoms with E-state index in [1.165, 1.54) is 17.3 Å². The third-order valence-corrected chi connectivity index (χ3v) is 4.01. The summed E-state index contributed by atoms with van der Waals surface area (Å²) in [6, 6.07) is 7.92. The van der Waals surface area contributed by atoms with Crippen LogP contribution in [0.5, 0.6) is 0 Å². The summed E-state index contributed by atoms with van der Waals surface area (Å²) in [6.07, 6.45) is 1.82. The Morgan fingerprint density at radius 2 is 2.05 bits per heavy atom. The van der Waals surface area contributed by atoms with Crippen LogP contribution in [0.25, 0.3) is 11.0 Å². The van der Waals surface area contributed by atoms with Crippen LogP contribution < -0.4 is 0 Å². The van der Waals surface area contributed by atoms with Gasteiger partial charge in [-0.05, 0) is 42.8 Å². The third kappa shape index (κ3) is 3.36. The van der Waals surface area contributed by atoms with Crippen molar-refractivity contribution in [2.75, 3.05) is 0 Å². The number of nitrogens with one attached hydrogen (secondary N) is 1. The fourth-order valence-electron chi connectivity index (χ4n) is 2.08. The monoisotopic (exact) mass is 318 g/mol. The first-order valence-corrected chi connectivity index (χ1v) is 8.01. The number of aromatic amines is 1. The van der Waals surface area contributed by atoms with E-state index in [9.17, 15) is 0 Å². The fourth-order valence-corrected chi connectivity index (χ4v) is 3.17. The van der Waals surface area contributed by atoms with E-state index in [1.54, 1.807) is 6.07 Å². The highest BCUT2D eigenvalue weighted by atomic mass is 35.5. The van der Waals surface area contributed by atoms with E-state index >= 15 is 0 Å². The Morgan fingerprint density at radius 1 is 1.19 bits per heavy atom. The lowest BCUT2D eigenvalue weighted by Crippen LogP contribution is -1.96. The van der Waals surface area contributed by atoms with Crippen molar-refractivity contribution in [3.8, 4) is 0 Å². The molecular formula is C15H15ClN4S. The van der Waals surface area contributed by atoms with E-state index in [-0.39, 0.29) is 0 Å². The number of imidazole rings is 1. The summed E-state index contributed by atoms with van der Waals surface area (Å²) in [7, 11) is 0. The predicted octanol–water partition coefficient (Wildman–Crippen LogP) is 4.42. The predicted molar refractivity (Wildman–Crippen MR) is 86.0 cm³/mol. The van der Waals surface area contributed by atoms with Gasteiger partial charge in [0.05, 0.1) is 11.0 Å². The molecule has 0 unspecified atom stereocenters. The first-order chi connectivity index (χ1) is 10.1. The van der Waals surface area contributed by atoms with Gasteiger partial charge in [0.2, 0.25) is 0 Å². The molecule has 1 N–H and O–H groups in total. The van der Waals surface area contributed by atoms with Gasteiger partial charge in [-0.15, -0.1) is 0 Å². The van der Waals surface area contributed by atoms with Gasteiger partial charge in [0.15, 0.2) is 5.16 Å². The number of hydrogen-bond donors (Lipinski definition) is 1. The standard InChI is InChI=1S/C15H15ClN4S/c1-3-4-13-19-12(16)8-14(20-13)21-15-17-10-6-5-9(2)7-11(10)18-15/h5-8H,3-4H2,1-2H3,(H,17,18). The zero-order valence-electron chi connectivity index (χ0n) is 11.9. The van der Waals surface area contributed by atoms with Crippen molar-refractivity contribution in [1.29, 1.82) is 0 Å². The van der Waals surface area contributed by atoms with Gasteiger partial charge in [-0.25, -0.2) is 15.0 Å². The first-order valence-electron chi connectivity index (χ1n) is 6.81. The second-order valence-electron chi connectivity index (χ2n) is 4.86. The molecule has 0 amide bonds. The highest BCUT2D eigenvalue weighted by Crippen LogP contribution is 2.27. The van der Waals surface area contributed by atoms with Gasteiger partial charge in [0.1, 0.15) is 16.0 Å². The van der Waals surface area contributed by atoms with Gasteiger partial charge < -0.3 is 4.98 Å². The average molecular weight is 319 g/mol. The lowest BCUT2D eigenvalue weighted by Gasteiger charge is -2.02. The van der Waals surface area contributed by atoms with Crippen molar-refractivity contribution in [2.24, 2.45) is 0 Å².